The number of anilines is 6. The average Bonchev–Trinajstić information content (AvgIpc) is 0.720. The van der Waals surface area contributed by atoms with Crippen LogP contribution in [0.1, 0.15) is 103 Å². The molecule has 16 aromatic rings. The fraction of sp³-hybridized carbons (Fsp3) is 0.0625. The monoisotopic (exact) mass is 1310 g/mol. The standard InChI is InChI=1S/C96H78N6/c1-13-37-67(38-14-1)91(68-39-15-2-16-40-68)97-85-61-79-80(62-86(85)98-92(69-41-17-3-18-42-69)70-43-19-4-20-44-70)82-64-88(100-94(73-49-25-7-26-50-73)74-51-27-8-28-52-74)90(102-96(77-57-33-11-34-58-77)78-59-35-12-36-60-78)66-84(82)83-65-89(101-95(75-53-29-9-30-54-75)76-55-31-10-32-56-76)87(63-81(79)83)99-93(71-45-21-5-22-46-71)72-47-23-6-24-48-72/h1-66,91-102H. The summed E-state index contributed by atoms with van der Waals surface area (Å²) in [5.41, 5.74) is 19.5. The maximum atomic E-state index is 4.28. The van der Waals surface area contributed by atoms with Crippen LogP contribution in [0.2, 0.25) is 0 Å². The molecule has 0 aromatic heterocycles. The molecule has 0 heterocycles. The third kappa shape index (κ3) is 14.0. The first kappa shape index (κ1) is 63.8. The summed E-state index contributed by atoms with van der Waals surface area (Å²) in [6.07, 6.45) is 0. The van der Waals surface area contributed by atoms with Crippen LogP contribution in [0.3, 0.4) is 0 Å². The smallest absolute Gasteiger partial charge is 0.0768 e. The molecule has 0 atom stereocenters. The van der Waals surface area contributed by atoms with Gasteiger partial charge >= 0.3 is 0 Å². The zero-order chi connectivity index (χ0) is 68.2. The van der Waals surface area contributed by atoms with E-state index in [0.29, 0.717) is 0 Å². The van der Waals surface area contributed by atoms with Crippen LogP contribution >= 0.6 is 0 Å². The Labute approximate surface area is 598 Å². The van der Waals surface area contributed by atoms with Gasteiger partial charge in [0.2, 0.25) is 0 Å². The normalized spacial score (nSPS) is 11.5. The summed E-state index contributed by atoms with van der Waals surface area (Å²) in [4.78, 5) is 0. The fourth-order valence-electron chi connectivity index (χ4n) is 14.7. The number of hydrogen-bond donors (Lipinski definition) is 6. The summed E-state index contributed by atoms with van der Waals surface area (Å²) >= 11 is 0. The van der Waals surface area contributed by atoms with Crippen molar-refractivity contribution in [3.05, 3.63) is 467 Å². The number of benzene rings is 16. The first-order chi connectivity index (χ1) is 50.6. The maximum absolute atomic E-state index is 4.28. The molecule has 0 bridgehead atoms. The molecule has 6 N–H and O–H groups in total. The summed E-state index contributed by atoms with van der Waals surface area (Å²) in [5, 5.41) is 32.2. The van der Waals surface area contributed by atoms with Crippen molar-refractivity contribution in [2.75, 3.05) is 31.9 Å². The Bertz CT molecular complexity index is 4230. The first-order valence-corrected chi connectivity index (χ1v) is 35.3. The molecule has 102 heavy (non-hydrogen) atoms. The van der Waals surface area contributed by atoms with Gasteiger partial charge in [0.25, 0.3) is 0 Å². The molecule has 16 rings (SSSR count). The summed E-state index contributed by atoms with van der Waals surface area (Å²) in [6, 6.07) is 143. The predicted octanol–water partition coefficient (Wildman–Crippen LogP) is 24.4. The molecule has 0 amide bonds. The fourth-order valence-corrected chi connectivity index (χ4v) is 14.7. The Morgan fingerprint density at radius 3 is 0.294 bits per heavy atom. The van der Waals surface area contributed by atoms with E-state index in [-0.39, 0.29) is 36.3 Å². The third-order valence-electron chi connectivity index (χ3n) is 19.7. The van der Waals surface area contributed by atoms with E-state index in [2.05, 4.69) is 432 Å². The van der Waals surface area contributed by atoms with Gasteiger partial charge in [-0.1, -0.05) is 364 Å². The average molecular weight is 1320 g/mol. The Balaban J connectivity index is 1.03. The molecule has 0 radical (unpaired) electrons. The van der Waals surface area contributed by atoms with Gasteiger partial charge in [-0.05, 0) is 135 Å². The number of hydrogen-bond acceptors (Lipinski definition) is 6. The highest BCUT2D eigenvalue weighted by Gasteiger charge is 2.28. The van der Waals surface area contributed by atoms with E-state index in [1.54, 1.807) is 0 Å². The van der Waals surface area contributed by atoms with Crippen molar-refractivity contribution in [1.29, 1.82) is 0 Å². The molecular weight excluding hydrogens is 1240 g/mol. The highest BCUT2D eigenvalue weighted by atomic mass is 15.0. The van der Waals surface area contributed by atoms with Crippen molar-refractivity contribution in [2.24, 2.45) is 0 Å². The van der Waals surface area contributed by atoms with Crippen molar-refractivity contribution in [1.82, 2.24) is 0 Å². The topological polar surface area (TPSA) is 72.2 Å². The Morgan fingerprint density at radius 1 is 0.118 bits per heavy atom. The molecule has 0 fully saturated rings. The lowest BCUT2D eigenvalue weighted by Crippen LogP contribution is -2.17. The molecule has 6 heteroatoms. The molecule has 16 aromatic carbocycles. The Morgan fingerprint density at radius 2 is 0.206 bits per heavy atom. The van der Waals surface area contributed by atoms with Crippen molar-refractivity contribution in [2.45, 2.75) is 36.3 Å². The lowest BCUT2D eigenvalue weighted by Gasteiger charge is -2.29. The SMILES string of the molecule is c1ccc(C(Nc2cc3c4cc(NC(c5ccccc5)c5ccccc5)c(NC(c5ccccc5)c5ccccc5)cc4c4cc(NC(c5ccccc5)c5ccccc5)c(NC(c5ccccc5)c5ccccc5)cc4c3cc2NC(c2ccccc2)c2ccccc2)c2ccccc2)cc1. The second-order valence-electron chi connectivity index (χ2n) is 26.2. The van der Waals surface area contributed by atoms with Crippen LogP contribution in [0, 0.1) is 0 Å². The van der Waals surface area contributed by atoms with Crippen LogP contribution in [0.5, 0.6) is 0 Å². The first-order valence-electron chi connectivity index (χ1n) is 35.3. The van der Waals surface area contributed by atoms with E-state index in [4.69, 9.17) is 0 Å². The van der Waals surface area contributed by atoms with Crippen molar-refractivity contribution < 1.29 is 0 Å². The lowest BCUT2D eigenvalue weighted by molar-refractivity contribution is 0.922. The maximum Gasteiger partial charge on any atom is 0.0768 e. The Kier molecular flexibility index (Phi) is 18.8. The summed E-state index contributed by atoms with van der Waals surface area (Å²) in [6.45, 7) is 0. The molecule has 0 aliphatic rings. The summed E-state index contributed by atoms with van der Waals surface area (Å²) < 4.78 is 0. The van der Waals surface area contributed by atoms with Gasteiger partial charge in [-0.3, -0.25) is 0 Å². The van der Waals surface area contributed by atoms with Crippen molar-refractivity contribution in [3.8, 4) is 0 Å². The van der Waals surface area contributed by atoms with Gasteiger partial charge in [0.15, 0.2) is 0 Å². The van der Waals surface area contributed by atoms with Gasteiger partial charge in [0.05, 0.1) is 70.4 Å². The van der Waals surface area contributed by atoms with E-state index in [1.807, 2.05) is 0 Å². The van der Waals surface area contributed by atoms with Crippen LogP contribution in [0.25, 0.3) is 32.3 Å². The minimum atomic E-state index is -0.234. The molecule has 0 spiro atoms. The lowest BCUT2D eigenvalue weighted by atomic mass is 9.89. The van der Waals surface area contributed by atoms with E-state index in [0.717, 1.165) is 133 Å². The minimum absolute atomic E-state index is 0.234. The van der Waals surface area contributed by atoms with Crippen LogP contribution in [0.4, 0.5) is 34.1 Å². The van der Waals surface area contributed by atoms with Gasteiger partial charge in [-0.15, -0.1) is 0 Å². The highest BCUT2D eigenvalue weighted by Crippen LogP contribution is 2.49. The zero-order valence-electron chi connectivity index (χ0n) is 56.6. The molecule has 6 nitrogen and oxygen atoms in total. The van der Waals surface area contributed by atoms with Gasteiger partial charge in [-0.2, -0.15) is 0 Å². The number of rotatable bonds is 24. The summed E-state index contributed by atoms with van der Waals surface area (Å²) in [5.74, 6) is 0. The van der Waals surface area contributed by atoms with E-state index >= 15 is 0 Å². The second-order valence-corrected chi connectivity index (χ2v) is 26.2. The molecule has 0 saturated carbocycles. The van der Waals surface area contributed by atoms with Crippen molar-refractivity contribution >= 4 is 66.4 Å². The molecule has 0 aliphatic heterocycles. The van der Waals surface area contributed by atoms with Crippen LogP contribution < -0.4 is 31.9 Å². The van der Waals surface area contributed by atoms with Crippen LogP contribution in [0.15, 0.2) is 400 Å². The van der Waals surface area contributed by atoms with E-state index < -0.39 is 0 Å². The molecule has 492 valence electrons. The summed E-state index contributed by atoms with van der Waals surface area (Å²) in [7, 11) is 0. The Hall–Kier alpha value is -12.9. The number of fused-ring (bicyclic) bond motifs is 6. The largest absolute Gasteiger partial charge is 0.372 e. The van der Waals surface area contributed by atoms with Crippen LogP contribution in [-0.2, 0) is 0 Å². The van der Waals surface area contributed by atoms with Crippen molar-refractivity contribution in [3.63, 3.8) is 0 Å². The number of nitrogens with one attached hydrogen (secondary N) is 6. The zero-order valence-corrected chi connectivity index (χ0v) is 56.6. The van der Waals surface area contributed by atoms with Gasteiger partial charge in [0, 0.05) is 0 Å². The molecule has 0 aliphatic carbocycles. The highest BCUT2D eigenvalue weighted by molar-refractivity contribution is 6.29. The van der Waals surface area contributed by atoms with E-state index in [9.17, 15) is 0 Å². The predicted molar refractivity (Wildman–Crippen MR) is 429 cm³/mol. The third-order valence-corrected chi connectivity index (χ3v) is 19.7. The molecule has 0 unspecified atom stereocenters. The second kappa shape index (κ2) is 30.1. The van der Waals surface area contributed by atoms with Crippen LogP contribution in [-0.4, -0.2) is 0 Å². The molecule has 0 saturated heterocycles. The van der Waals surface area contributed by atoms with Gasteiger partial charge in [-0.25, -0.2) is 0 Å². The van der Waals surface area contributed by atoms with Gasteiger partial charge in [0.1, 0.15) is 0 Å². The van der Waals surface area contributed by atoms with Gasteiger partial charge < -0.3 is 31.9 Å². The quantitative estimate of drug-likeness (QED) is 0.0339. The molecular formula is C96H78N6. The minimum Gasteiger partial charge on any atom is -0.372 e. The van der Waals surface area contributed by atoms with E-state index in [1.165, 1.54) is 0 Å².